The molecule has 0 saturated carbocycles. The van der Waals surface area contributed by atoms with Gasteiger partial charge in [-0.3, -0.25) is 0 Å². The number of aliphatic hydroxyl groups excluding tert-OH is 3. The van der Waals surface area contributed by atoms with E-state index in [1.165, 1.54) is 0 Å². The summed E-state index contributed by atoms with van der Waals surface area (Å²) in [4.78, 5) is 11.0. The lowest BCUT2D eigenvalue weighted by Crippen LogP contribution is -2.61. The van der Waals surface area contributed by atoms with E-state index in [0.29, 0.717) is 12.3 Å². The van der Waals surface area contributed by atoms with E-state index in [1.807, 2.05) is 26.0 Å². The highest BCUT2D eigenvalue weighted by Gasteiger charge is 2.48. The molecule has 5 atom stereocenters. The Kier molecular flexibility index (Phi) is 9.53. The van der Waals surface area contributed by atoms with Crippen LogP contribution in [0.1, 0.15) is 32.8 Å². The summed E-state index contributed by atoms with van der Waals surface area (Å²) >= 11 is 0. The molecule has 26 heavy (non-hydrogen) atoms. The van der Waals surface area contributed by atoms with Crippen LogP contribution in [-0.4, -0.2) is 63.6 Å². The van der Waals surface area contributed by atoms with Gasteiger partial charge >= 0.3 is 5.97 Å². The molecule has 1 aliphatic heterocycles. The van der Waals surface area contributed by atoms with Gasteiger partial charge in [0.1, 0.15) is 24.1 Å². The van der Waals surface area contributed by atoms with Gasteiger partial charge in [0.25, 0.3) is 0 Å². The van der Waals surface area contributed by atoms with Gasteiger partial charge in [-0.25, -0.2) is 4.79 Å². The van der Waals surface area contributed by atoms with E-state index in [9.17, 15) is 20.1 Å². The summed E-state index contributed by atoms with van der Waals surface area (Å²) in [5, 5.41) is 41.5. The summed E-state index contributed by atoms with van der Waals surface area (Å²) < 4.78 is 10.5. The predicted octanol–water partition coefficient (Wildman–Crippen LogP) is 0.483. The molecule has 8 nitrogen and oxygen atoms in total. The van der Waals surface area contributed by atoms with Crippen molar-refractivity contribution in [3.8, 4) is 5.75 Å². The second-order valence-corrected chi connectivity index (χ2v) is 5.67. The van der Waals surface area contributed by atoms with Crippen molar-refractivity contribution in [1.29, 1.82) is 0 Å². The molecular weight excluding hydrogens is 342 g/mol. The van der Waals surface area contributed by atoms with Crippen molar-refractivity contribution in [3.63, 3.8) is 0 Å². The van der Waals surface area contributed by atoms with Crippen molar-refractivity contribution in [2.24, 2.45) is 0 Å². The highest BCUT2D eigenvalue weighted by atomic mass is 16.7. The molecule has 0 aliphatic carbocycles. The Morgan fingerprint density at radius 3 is 2.27 bits per heavy atom. The van der Waals surface area contributed by atoms with Gasteiger partial charge in [0.05, 0.1) is 0 Å². The van der Waals surface area contributed by atoms with Crippen LogP contribution in [0, 0.1) is 0 Å². The van der Waals surface area contributed by atoms with Crippen molar-refractivity contribution in [2.45, 2.75) is 64.4 Å². The van der Waals surface area contributed by atoms with Crippen molar-refractivity contribution in [2.75, 3.05) is 6.54 Å². The first kappa shape index (κ1) is 22.3. The molecular formula is C18H29NO7. The van der Waals surface area contributed by atoms with E-state index in [4.69, 9.17) is 14.6 Å². The monoisotopic (exact) mass is 371 g/mol. The predicted molar refractivity (Wildman–Crippen MR) is 94.7 cm³/mol. The second-order valence-electron chi connectivity index (χ2n) is 5.67. The Labute approximate surface area is 153 Å². The molecule has 5 unspecified atom stereocenters. The van der Waals surface area contributed by atoms with Crippen LogP contribution in [0.3, 0.4) is 0 Å². The van der Waals surface area contributed by atoms with Crippen LogP contribution in [0.15, 0.2) is 24.3 Å². The smallest absolute Gasteiger partial charge is 0.335 e. The number of aliphatic carboxylic acids is 1. The average Bonchev–Trinajstić information content (AvgIpc) is 2.65. The zero-order valence-corrected chi connectivity index (χ0v) is 15.3. The maximum Gasteiger partial charge on any atom is 0.335 e. The number of carbonyl (C=O) groups is 1. The Bertz CT molecular complexity index is 537. The molecule has 2 rings (SSSR count). The minimum Gasteiger partial charge on any atom is -0.479 e. The first-order chi connectivity index (χ1) is 12.4. The van der Waals surface area contributed by atoms with Crippen LogP contribution < -0.4 is 10.1 Å². The molecule has 1 aromatic carbocycles. The van der Waals surface area contributed by atoms with E-state index in [2.05, 4.69) is 12.2 Å². The molecule has 1 fully saturated rings. The van der Waals surface area contributed by atoms with E-state index in [0.717, 1.165) is 18.5 Å². The number of carboxylic acids is 1. The fourth-order valence-electron chi connectivity index (χ4n) is 2.38. The third-order valence-corrected chi connectivity index (χ3v) is 3.74. The number of aliphatic hydroxyl groups is 3. The van der Waals surface area contributed by atoms with E-state index >= 15 is 0 Å². The fraction of sp³-hybridized carbons (Fsp3) is 0.611. The third-order valence-electron chi connectivity index (χ3n) is 3.74. The van der Waals surface area contributed by atoms with E-state index in [-0.39, 0.29) is 0 Å². The maximum absolute atomic E-state index is 11.0. The number of hydrogen-bond acceptors (Lipinski definition) is 7. The standard InChI is InChI=1S/C16H23NO7.C2H6/c1-2-7-17-8-9-3-5-10(6-4-9)23-16-13(20)11(18)12(19)14(24-16)15(21)22;1-2/h3-6,11-14,16-20H,2,7-8H2,1H3,(H,21,22);1-2H3. The minimum absolute atomic E-state index is 0.353. The van der Waals surface area contributed by atoms with E-state index in [1.54, 1.807) is 12.1 Å². The molecule has 1 aromatic rings. The molecule has 1 saturated heterocycles. The normalized spacial score (nSPS) is 28.0. The topological polar surface area (TPSA) is 128 Å². The third kappa shape index (κ3) is 5.93. The van der Waals surface area contributed by atoms with Crippen molar-refractivity contribution in [3.05, 3.63) is 29.8 Å². The molecule has 8 heteroatoms. The molecule has 0 radical (unpaired) electrons. The Morgan fingerprint density at radius 1 is 1.12 bits per heavy atom. The van der Waals surface area contributed by atoms with Crippen LogP contribution in [0.4, 0.5) is 0 Å². The quantitative estimate of drug-likeness (QED) is 0.438. The number of carboxylic acid groups (broad SMARTS) is 1. The van der Waals surface area contributed by atoms with Gasteiger partial charge in [0, 0.05) is 6.54 Å². The minimum atomic E-state index is -1.73. The molecule has 0 spiro atoms. The zero-order valence-electron chi connectivity index (χ0n) is 15.3. The summed E-state index contributed by atoms with van der Waals surface area (Å²) in [6, 6.07) is 6.97. The van der Waals surface area contributed by atoms with Gasteiger partial charge < -0.3 is 35.2 Å². The highest BCUT2D eigenvalue weighted by molar-refractivity contribution is 5.73. The first-order valence-corrected chi connectivity index (χ1v) is 8.82. The van der Waals surface area contributed by atoms with Crippen LogP contribution >= 0.6 is 0 Å². The van der Waals surface area contributed by atoms with Crippen molar-refractivity contribution < 1.29 is 34.7 Å². The SMILES string of the molecule is CC.CCCNCc1ccc(OC2OC(C(=O)O)C(O)C(O)C2O)cc1. The molecule has 1 aliphatic rings. The van der Waals surface area contributed by atoms with Crippen LogP contribution in [0.5, 0.6) is 5.75 Å². The van der Waals surface area contributed by atoms with Gasteiger partial charge in [-0.1, -0.05) is 32.9 Å². The average molecular weight is 371 g/mol. The lowest BCUT2D eigenvalue weighted by atomic mass is 9.99. The summed E-state index contributed by atoms with van der Waals surface area (Å²) in [6.07, 6.45) is -7.01. The Hall–Kier alpha value is -1.71. The molecule has 148 valence electrons. The summed E-state index contributed by atoms with van der Waals surface area (Å²) in [7, 11) is 0. The van der Waals surface area contributed by atoms with Crippen LogP contribution in [0.25, 0.3) is 0 Å². The lowest BCUT2D eigenvalue weighted by Gasteiger charge is -2.38. The largest absolute Gasteiger partial charge is 0.479 e. The van der Waals surface area contributed by atoms with Crippen molar-refractivity contribution in [1.82, 2.24) is 5.32 Å². The number of benzene rings is 1. The van der Waals surface area contributed by atoms with Gasteiger partial charge in [-0.2, -0.15) is 0 Å². The first-order valence-electron chi connectivity index (χ1n) is 8.82. The summed E-state index contributed by atoms with van der Waals surface area (Å²) in [5.74, 6) is -1.09. The number of rotatable bonds is 7. The van der Waals surface area contributed by atoms with Gasteiger partial charge in [0.2, 0.25) is 6.29 Å². The molecule has 0 amide bonds. The summed E-state index contributed by atoms with van der Waals surface area (Å²) in [5.41, 5.74) is 1.04. The molecule has 1 heterocycles. The molecule has 0 aromatic heterocycles. The van der Waals surface area contributed by atoms with E-state index < -0.39 is 36.7 Å². The summed E-state index contributed by atoms with van der Waals surface area (Å²) in [6.45, 7) is 7.70. The van der Waals surface area contributed by atoms with Crippen molar-refractivity contribution >= 4 is 5.97 Å². The molecule has 0 bridgehead atoms. The fourth-order valence-corrected chi connectivity index (χ4v) is 2.38. The zero-order chi connectivity index (χ0) is 19.7. The molecule has 5 N–H and O–H groups in total. The number of nitrogens with one attached hydrogen (secondary N) is 1. The van der Waals surface area contributed by atoms with Crippen LogP contribution in [-0.2, 0) is 16.1 Å². The number of ether oxygens (including phenoxy) is 2. The van der Waals surface area contributed by atoms with Gasteiger partial charge in [-0.15, -0.1) is 0 Å². The lowest BCUT2D eigenvalue weighted by molar-refractivity contribution is -0.271. The Balaban J connectivity index is 0.00000163. The number of hydrogen-bond donors (Lipinski definition) is 5. The highest BCUT2D eigenvalue weighted by Crippen LogP contribution is 2.24. The Morgan fingerprint density at radius 2 is 1.73 bits per heavy atom. The van der Waals surface area contributed by atoms with Crippen LogP contribution in [0.2, 0.25) is 0 Å². The maximum atomic E-state index is 11.0. The van der Waals surface area contributed by atoms with Gasteiger partial charge in [-0.05, 0) is 30.7 Å². The second kappa shape index (κ2) is 11.1. The van der Waals surface area contributed by atoms with Gasteiger partial charge in [0.15, 0.2) is 6.10 Å².